The predicted octanol–water partition coefficient (Wildman–Crippen LogP) is 2.90. The number of aryl methyl sites for hydroxylation is 1. The van der Waals surface area contributed by atoms with Crippen LogP contribution in [0, 0.1) is 12.7 Å². The van der Waals surface area contributed by atoms with Gasteiger partial charge in [-0.3, -0.25) is 0 Å². The Morgan fingerprint density at radius 3 is 2.68 bits per heavy atom. The van der Waals surface area contributed by atoms with Gasteiger partial charge in [0, 0.05) is 11.6 Å². The highest BCUT2D eigenvalue weighted by atomic mass is 19.1. The Morgan fingerprint density at radius 1 is 1.32 bits per heavy atom. The van der Waals surface area contributed by atoms with Crippen LogP contribution in [-0.2, 0) is 0 Å². The van der Waals surface area contributed by atoms with Crippen molar-refractivity contribution in [1.82, 2.24) is 15.5 Å². The first-order valence-corrected chi connectivity index (χ1v) is 6.30. The van der Waals surface area contributed by atoms with E-state index in [0.717, 1.165) is 5.56 Å². The molecule has 0 aliphatic heterocycles. The first-order valence-electron chi connectivity index (χ1n) is 6.30. The maximum atomic E-state index is 13.2. The lowest BCUT2D eigenvalue weighted by atomic mass is 10.0. The van der Waals surface area contributed by atoms with Gasteiger partial charge in [0.1, 0.15) is 5.82 Å². The number of hydrogen-bond acceptors (Lipinski definition) is 4. The van der Waals surface area contributed by atoms with Gasteiger partial charge in [-0.05, 0) is 44.7 Å². The second-order valence-corrected chi connectivity index (χ2v) is 4.79. The van der Waals surface area contributed by atoms with Crippen LogP contribution in [0.15, 0.2) is 22.7 Å². The predicted molar refractivity (Wildman–Crippen MR) is 71.4 cm³/mol. The van der Waals surface area contributed by atoms with E-state index < -0.39 is 0 Å². The number of likely N-dealkylation sites (N-methyl/N-ethyl adjacent to an activating group) is 1. The molecule has 0 spiro atoms. The van der Waals surface area contributed by atoms with Crippen molar-refractivity contribution in [2.24, 2.45) is 0 Å². The van der Waals surface area contributed by atoms with Gasteiger partial charge in [0.15, 0.2) is 0 Å². The summed E-state index contributed by atoms with van der Waals surface area (Å²) in [7, 11) is 1.89. The van der Waals surface area contributed by atoms with Crippen LogP contribution < -0.4 is 5.32 Å². The van der Waals surface area contributed by atoms with Crippen molar-refractivity contribution in [1.29, 1.82) is 0 Å². The van der Waals surface area contributed by atoms with Crippen LogP contribution >= 0.6 is 0 Å². The van der Waals surface area contributed by atoms with E-state index >= 15 is 0 Å². The SMILES string of the molecule is CNC(C)C(C)c1nc(-c2ccc(F)c(C)c2)no1. The highest BCUT2D eigenvalue weighted by Crippen LogP contribution is 2.23. The van der Waals surface area contributed by atoms with Crippen molar-refractivity contribution >= 4 is 0 Å². The van der Waals surface area contributed by atoms with E-state index in [1.807, 2.05) is 14.0 Å². The number of nitrogens with one attached hydrogen (secondary N) is 1. The maximum absolute atomic E-state index is 13.2. The Morgan fingerprint density at radius 2 is 2.05 bits per heavy atom. The highest BCUT2D eigenvalue weighted by molar-refractivity contribution is 5.55. The van der Waals surface area contributed by atoms with E-state index in [-0.39, 0.29) is 17.8 Å². The molecule has 5 heteroatoms. The van der Waals surface area contributed by atoms with Gasteiger partial charge >= 0.3 is 0 Å². The molecular weight excluding hydrogens is 245 g/mol. The minimum atomic E-state index is -0.232. The molecule has 0 radical (unpaired) electrons. The Bertz CT molecular complexity index is 568. The molecule has 0 saturated heterocycles. The van der Waals surface area contributed by atoms with Crippen LogP contribution in [0.2, 0.25) is 0 Å². The summed E-state index contributed by atoms with van der Waals surface area (Å²) >= 11 is 0. The van der Waals surface area contributed by atoms with Gasteiger partial charge in [-0.15, -0.1) is 0 Å². The quantitative estimate of drug-likeness (QED) is 0.921. The largest absolute Gasteiger partial charge is 0.339 e. The lowest BCUT2D eigenvalue weighted by Gasteiger charge is -2.14. The first kappa shape index (κ1) is 13.7. The summed E-state index contributed by atoms with van der Waals surface area (Å²) in [6.45, 7) is 5.79. The van der Waals surface area contributed by atoms with Crippen LogP contribution in [0.3, 0.4) is 0 Å². The molecule has 0 aliphatic rings. The van der Waals surface area contributed by atoms with Crippen LogP contribution in [0.25, 0.3) is 11.4 Å². The van der Waals surface area contributed by atoms with Crippen molar-refractivity contribution < 1.29 is 8.91 Å². The van der Waals surface area contributed by atoms with Gasteiger partial charge in [0.05, 0.1) is 5.92 Å². The highest BCUT2D eigenvalue weighted by Gasteiger charge is 2.20. The third kappa shape index (κ3) is 2.81. The molecule has 0 fully saturated rings. The molecule has 2 aromatic rings. The number of hydrogen-bond donors (Lipinski definition) is 1. The van der Waals surface area contributed by atoms with Crippen molar-refractivity contribution in [3.63, 3.8) is 0 Å². The zero-order valence-corrected chi connectivity index (χ0v) is 11.6. The van der Waals surface area contributed by atoms with Gasteiger partial charge in [-0.2, -0.15) is 4.98 Å². The molecule has 2 unspecified atom stereocenters. The fourth-order valence-electron chi connectivity index (χ4n) is 1.79. The summed E-state index contributed by atoms with van der Waals surface area (Å²) in [6.07, 6.45) is 0. The summed E-state index contributed by atoms with van der Waals surface area (Å²) in [5, 5.41) is 7.11. The second kappa shape index (κ2) is 5.48. The minimum absolute atomic E-state index is 0.118. The molecular formula is C14H18FN3O. The molecule has 0 aliphatic carbocycles. The number of aromatic nitrogens is 2. The summed E-state index contributed by atoms with van der Waals surface area (Å²) in [5.74, 6) is 0.963. The third-order valence-corrected chi connectivity index (χ3v) is 3.45. The van der Waals surface area contributed by atoms with Crippen molar-refractivity contribution in [2.45, 2.75) is 32.7 Å². The second-order valence-electron chi connectivity index (χ2n) is 4.79. The van der Waals surface area contributed by atoms with Crippen molar-refractivity contribution in [3.8, 4) is 11.4 Å². The molecule has 102 valence electrons. The van der Waals surface area contributed by atoms with Crippen LogP contribution in [-0.4, -0.2) is 23.2 Å². The molecule has 1 aromatic heterocycles. The molecule has 1 N–H and O–H groups in total. The molecule has 0 saturated carbocycles. The fourth-order valence-corrected chi connectivity index (χ4v) is 1.79. The van der Waals surface area contributed by atoms with Gasteiger partial charge in [0.2, 0.25) is 11.7 Å². The fraction of sp³-hybridized carbons (Fsp3) is 0.429. The topological polar surface area (TPSA) is 51.0 Å². The minimum Gasteiger partial charge on any atom is -0.339 e. The molecule has 19 heavy (non-hydrogen) atoms. The molecule has 2 rings (SSSR count). The Kier molecular flexibility index (Phi) is 3.95. The zero-order valence-electron chi connectivity index (χ0n) is 11.6. The molecule has 0 amide bonds. The Labute approximate surface area is 112 Å². The van der Waals surface area contributed by atoms with E-state index in [1.54, 1.807) is 19.1 Å². The molecule has 1 aromatic carbocycles. The number of nitrogens with zero attached hydrogens (tertiary/aromatic N) is 2. The average molecular weight is 263 g/mol. The molecule has 4 nitrogen and oxygen atoms in total. The Hall–Kier alpha value is -1.75. The summed E-state index contributed by atoms with van der Waals surface area (Å²) in [5.41, 5.74) is 1.33. The van der Waals surface area contributed by atoms with Crippen LogP contribution in [0.1, 0.15) is 31.2 Å². The summed E-state index contributed by atoms with van der Waals surface area (Å²) < 4.78 is 18.5. The zero-order chi connectivity index (χ0) is 14.0. The number of halogens is 1. The van der Waals surface area contributed by atoms with Gasteiger partial charge in [-0.1, -0.05) is 12.1 Å². The lowest BCUT2D eigenvalue weighted by molar-refractivity contribution is 0.336. The molecule has 2 atom stereocenters. The third-order valence-electron chi connectivity index (χ3n) is 3.45. The lowest BCUT2D eigenvalue weighted by Crippen LogP contribution is -2.27. The first-order chi connectivity index (χ1) is 9.02. The van der Waals surface area contributed by atoms with E-state index in [9.17, 15) is 4.39 Å². The normalized spacial score (nSPS) is 14.4. The summed E-state index contributed by atoms with van der Waals surface area (Å²) in [6, 6.07) is 5.03. The van der Waals surface area contributed by atoms with E-state index in [1.165, 1.54) is 6.07 Å². The van der Waals surface area contributed by atoms with Gasteiger partial charge in [0.25, 0.3) is 0 Å². The average Bonchev–Trinajstić information content (AvgIpc) is 2.89. The summed E-state index contributed by atoms with van der Waals surface area (Å²) in [4.78, 5) is 4.38. The van der Waals surface area contributed by atoms with E-state index in [4.69, 9.17) is 4.52 Å². The van der Waals surface area contributed by atoms with E-state index in [0.29, 0.717) is 17.3 Å². The molecule has 0 bridgehead atoms. The van der Waals surface area contributed by atoms with Crippen LogP contribution in [0.5, 0.6) is 0 Å². The van der Waals surface area contributed by atoms with Crippen molar-refractivity contribution in [2.75, 3.05) is 7.05 Å². The van der Waals surface area contributed by atoms with Gasteiger partial charge < -0.3 is 9.84 Å². The number of rotatable bonds is 4. The van der Waals surface area contributed by atoms with Gasteiger partial charge in [-0.25, -0.2) is 4.39 Å². The van der Waals surface area contributed by atoms with Crippen LogP contribution in [0.4, 0.5) is 4.39 Å². The smallest absolute Gasteiger partial charge is 0.231 e. The Balaban J connectivity index is 2.27. The van der Waals surface area contributed by atoms with E-state index in [2.05, 4.69) is 22.4 Å². The maximum Gasteiger partial charge on any atom is 0.231 e. The van der Waals surface area contributed by atoms with Crippen molar-refractivity contribution in [3.05, 3.63) is 35.5 Å². The number of benzene rings is 1. The standard InChI is InChI=1S/C14H18FN3O/c1-8-7-11(5-6-12(8)15)13-17-14(19-18-13)9(2)10(3)16-4/h5-7,9-10,16H,1-4H3. The monoisotopic (exact) mass is 263 g/mol. The molecule has 1 heterocycles.